The van der Waals surface area contributed by atoms with E-state index in [4.69, 9.17) is 0 Å². The van der Waals surface area contributed by atoms with E-state index in [1.54, 1.807) is 0 Å². The molecule has 3 nitrogen and oxygen atoms in total. The number of nitrogens with one attached hydrogen (secondary N) is 1. The minimum atomic E-state index is 0.0888. The van der Waals surface area contributed by atoms with Crippen molar-refractivity contribution in [1.82, 2.24) is 10.2 Å². The van der Waals surface area contributed by atoms with Crippen molar-refractivity contribution >= 4 is 5.91 Å². The van der Waals surface area contributed by atoms with Gasteiger partial charge in [-0.1, -0.05) is 20.8 Å². The van der Waals surface area contributed by atoms with Gasteiger partial charge in [0.2, 0.25) is 5.91 Å². The van der Waals surface area contributed by atoms with Gasteiger partial charge in [-0.2, -0.15) is 0 Å². The molecule has 2 rings (SSSR count). The van der Waals surface area contributed by atoms with Crippen LogP contribution in [0.1, 0.15) is 33.6 Å². The Labute approximate surface area is 98.6 Å². The van der Waals surface area contributed by atoms with Gasteiger partial charge in [0.05, 0.1) is 6.04 Å². The van der Waals surface area contributed by atoms with E-state index in [1.165, 1.54) is 6.42 Å². The van der Waals surface area contributed by atoms with E-state index < -0.39 is 0 Å². The maximum atomic E-state index is 12.3. The van der Waals surface area contributed by atoms with Crippen LogP contribution in [0.4, 0.5) is 0 Å². The zero-order valence-electron chi connectivity index (χ0n) is 10.7. The first kappa shape index (κ1) is 11.9. The molecule has 0 spiro atoms. The van der Waals surface area contributed by atoms with Crippen molar-refractivity contribution in [1.29, 1.82) is 0 Å². The molecule has 0 radical (unpaired) electrons. The average Bonchev–Trinajstić information content (AvgIpc) is 2.84. The van der Waals surface area contributed by atoms with Gasteiger partial charge in [-0.05, 0) is 37.1 Å². The SMILES string of the molecule is CC(C)C1CCN(C(=O)C2NCCC2C)C1. The van der Waals surface area contributed by atoms with E-state index in [1.807, 2.05) is 0 Å². The Morgan fingerprint density at radius 2 is 2.12 bits per heavy atom. The molecule has 0 aromatic rings. The van der Waals surface area contributed by atoms with Crippen LogP contribution >= 0.6 is 0 Å². The molecular weight excluding hydrogens is 200 g/mol. The zero-order valence-corrected chi connectivity index (χ0v) is 10.7. The summed E-state index contributed by atoms with van der Waals surface area (Å²) in [7, 11) is 0. The quantitative estimate of drug-likeness (QED) is 0.770. The van der Waals surface area contributed by atoms with Crippen molar-refractivity contribution in [2.24, 2.45) is 17.8 Å². The van der Waals surface area contributed by atoms with Crippen LogP contribution in [-0.2, 0) is 4.79 Å². The molecule has 0 aromatic carbocycles. The zero-order chi connectivity index (χ0) is 11.7. The molecular formula is C13H24N2O. The number of amides is 1. The van der Waals surface area contributed by atoms with E-state index in [2.05, 4.69) is 31.0 Å². The summed E-state index contributed by atoms with van der Waals surface area (Å²) in [6.45, 7) is 9.63. The Morgan fingerprint density at radius 3 is 2.62 bits per heavy atom. The van der Waals surface area contributed by atoms with Crippen LogP contribution in [-0.4, -0.2) is 36.5 Å². The average molecular weight is 224 g/mol. The molecule has 1 N–H and O–H groups in total. The van der Waals surface area contributed by atoms with E-state index in [0.717, 1.165) is 26.1 Å². The lowest BCUT2D eigenvalue weighted by Gasteiger charge is -2.23. The molecule has 2 fully saturated rings. The summed E-state index contributed by atoms with van der Waals surface area (Å²) in [4.78, 5) is 14.4. The van der Waals surface area contributed by atoms with Gasteiger partial charge >= 0.3 is 0 Å². The summed E-state index contributed by atoms with van der Waals surface area (Å²) in [5.74, 6) is 2.26. The molecule has 0 aliphatic carbocycles. The van der Waals surface area contributed by atoms with Crippen LogP contribution in [0, 0.1) is 17.8 Å². The summed E-state index contributed by atoms with van der Waals surface area (Å²) in [6.07, 6.45) is 2.32. The highest BCUT2D eigenvalue weighted by Crippen LogP contribution is 2.26. The van der Waals surface area contributed by atoms with Crippen LogP contribution < -0.4 is 5.32 Å². The fraction of sp³-hybridized carbons (Fsp3) is 0.923. The molecule has 0 bridgehead atoms. The van der Waals surface area contributed by atoms with Crippen molar-refractivity contribution in [2.45, 2.75) is 39.7 Å². The van der Waals surface area contributed by atoms with Gasteiger partial charge in [0.1, 0.15) is 0 Å². The molecule has 16 heavy (non-hydrogen) atoms. The normalized spacial score (nSPS) is 35.0. The molecule has 92 valence electrons. The minimum Gasteiger partial charge on any atom is -0.341 e. The van der Waals surface area contributed by atoms with Crippen molar-refractivity contribution in [2.75, 3.05) is 19.6 Å². The third kappa shape index (κ3) is 2.24. The predicted molar refractivity (Wildman–Crippen MR) is 65.1 cm³/mol. The van der Waals surface area contributed by atoms with E-state index in [0.29, 0.717) is 23.7 Å². The van der Waals surface area contributed by atoms with Crippen molar-refractivity contribution in [3.63, 3.8) is 0 Å². The summed E-state index contributed by atoms with van der Waals surface area (Å²) < 4.78 is 0. The molecule has 3 heteroatoms. The topological polar surface area (TPSA) is 32.3 Å². The van der Waals surface area contributed by atoms with Gasteiger partial charge in [0.25, 0.3) is 0 Å². The lowest BCUT2D eigenvalue weighted by molar-refractivity contribution is -0.133. The Bertz CT molecular complexity index is 265. The molecule has 3 unspecified atom stereocenters. The first-order chi connectivity index (χ1) is 7.59. The second-order valence-corrected chi connectivity index (χ2v) is 5.77. The standard InChI is InChI=1S/C13H24N2O/c1-9(2)11-5-7-15(8-11)13(16)12-10(3)4-6-14-12/h9-12,14H,4-8H2,1-3H3. The molecule has 3 atom stereocenters. The van der Waals surface area contributed by atoms with E-state index >= 15 is 0 Å². The molecule has 2 saturated heterocycles. The van der Waals surface area contributed by atoms with Crippen molar-refractivity contribution in [3.8, 4) is 0 Å². The molecule has 2 aliphatic rings. The van der Waals surface area contributed by atoms with Gasteiger partial charge in [-0.15, -0.1) is 0 Å². The Balaban J connectivity index is 1.91. The van der Waals surface area contributed by atoms with Gasteiger partial charge in [-0.25, -0.2) is 0 Å². The third-order valence-electron chi connectivity index (χ3n) is 4.28. The largest absolute Gasteiger partial charge is 0.341 e. The van der Waals surface area contributed by atoms with Crippen LogP contribution in [0.25, 0.3) is 0 Å². The number of hydrogen-bond donors (Lipinski definition) is 1. The van der Waals surface area contributed by atoms with Crippen molar-refractivity contribution < 1.29 is 4.79 Å². The summed E-state index contributed by atoms with van der Waals surface area (Å²) >= 11 is 0. The fourth-order valence-corrected chi connectivity index (χ4v) is 2.89. The number of hydrogen-bond acceptors (Lipinski definition) is 2. The first-order valence-electron chi connectivity index (χ1n) is 6.61. The lowest BCUT2D eigenvalue weighted by atomic mass is 9.95. The molecule has 1 amide bonds. The van der Waals surface area contributed by atoms with Gasteiger partial charge in [-0.3, -0.25) is 4.79 Å². The Morgan fingerprint density at radius 1 is 1.38 bits per heavy atom. The van der Waals surface area contributed by atoms with Crippen LogP contribution in [0.5, 0.6) is 0 Å². The number of rotatable bonds is 2. The van der Waals surface area contributed by atoms with Crippen LogP contribution in [0.15, 0.2) is 0 Å². The van der Waals surface area contributed by atoms with E-state index in [9.17, 15) is 4.79 Å². The number of carbonyl (C=O) groups is 1. The number of nitrogens with zero attached hydrogens (tertiary/aromatic N) is 1. The van der Waals surface area contributed by atoms with Crippen LogP contribution in [0.2, 0.25) is 0 Å². The third-order valence-corrected chi connectivity index (χ3v) is 4.28. The molecule has 2 aliphatic heterocycles. The second kappa shape index (κ2) is 4.74. The summed E-state index contributed by atoms with van der Waals surface area (Å²) in [5.41, 5.74) is 0. The van der Waals surface area contributed by atoms with Gasteiger partial charge < -0.3 is 10.2 Å². The smallest absolute Gasteiger partial charge is 0.239 e. The maximum Gasteiger partial charge on any atom is 0.239 e. The van der Waals surface area contributed by atoms with Gasteiger partial charge in [0.15, 0.2) is 0 Å². The highest BCUT2D eigenvalue weighted by molar-refractivity contribution is 5.82. The fourth-order valence-electron chi connectivity index (χ4n) is 2.89. The second-order valence-electron chi connectivity index (χ2n) is 5.77. The Kier molecular flexibility index (Phi) is 3.53. The minimum absolute atomic E-state index is 0.0888. The van der Waals surface area contributed by atoms with E-state index in [-0.39, 0.29) is 6.04 Å². The van der Waals surface area contributed by atoms with Crippen LogP contribution in [0.3, 0.4) is 0 Å². The molecule has 0 saturated carbocycles. The molecule has 0 aromatic heterocycles. The van der Waals surface area contributed by atoms with Crippen molar-refractivity contribution in [3.05, 3.63) is 0 Å². The Hall–Kier alpha value is -0.570. The monoisotopic (exact) mass is 224 g/mol. The molecule has 2 heterocycles. The highest BCUT2D eigenvalue weighted by atomic mass is 16.2. The lowest BCUT2D eigenvalue weighted by Crippen LogP contribution is -2.45. The first-order valence-corrected chi connectivity index (χ1v) is 6.61. The maximum absolute atomic E-state index is 12.3. The number of likely N-dealkylation sites (tertiary alicyclic amines) is 1. The summed E-state index contributed by atoms with van der Waals surface area (Å²) in [6, 6.07) is 0.0888. The number of carbonyl (C=O) groups excluding carboxylic acids is 1. The predicted octanol–water partition coefficient (Wildman–Crippen LogP) is 1.49. The van der Waals surface area contributed by atoms with Gasteiger partial charge in [0, 0.05) is 13.1 Å². The summed E-state index contributed by atoms with van der Waals surface area (Å²) in [5, 5.41) is 3.34. The highest BCUT2D eigenvalue weighted by Gasteiger charge is 2.36.